The zero-order valence-electron chi connectivity index (χ0n) is 15.7. The Morgan fingerprint density at radius 1 is 1.00 bits per heavy atom. The SMILES string of the molecule is Cc1ccc(C(=O)Oc2cc(C)c3c(c2)O/C(=C\c2ccc(C)o2)C3=O)cc1. The number of hydrogen-bond acceptors (Lipinski definition) is 5. The average Bonchev–Trinajstić information content (AvgIpc) is 3.19. The Balaban J connectivity index is 1.60. The standard InChI is InChI=1S/C23H18O5/c1-13-4-7-16(8-5-13)23(25)27-18-10-14(2)21-19(12-18)28-20(22(21)24)11-17-9-6-15(3)26-17/h4-12H,1-3H3/b20-11-. The third kappa shape index (κ3) is 3.34. The number of carbonyl (C=O) groups is 2. The van der Waals surface area contributed by atoms with E-state index in [0.717, 1.165) is 11.3 Å². The summed E-state index contributed by atoms with van der Waals surface area (Å²) < 4.78 is 16.7. The fraction of sp³-hybridized carbons (Fsp3) is 0.130. The highest BCUT2D eigenvalue weighted by molar-refractivity contribution is 6.15. The van der Waals surface area contributed by atoms with Gasteiger partial charge in [0.15, 0.2) is 5.76 Å². The molecule has 140 valence electrons. The van der Waals surface area contributed by atoms with E-state index in [2.05, 4.69) is 0 Å². The van der Waals surface area contributed by atoms with Crippen molar-refractivity contribution in [2.75, 3.05) is 0 Å². The number of esters is 1. The summed E-state index contributed by atoms with van der Waals surface area (Å²) in [5.74, 6) is 1.46. The topological polar surface area (TPSA) is 65.7 Å². The van der Waals surface area contributed by atoms with E-state index in [1.165, 1.54) is 0 Å². The summed E-state index contributed by atoms with van der Waals surface area (Å²) in [6.45, 7) is 5.55. The normalized spacial score (nSPS) is 14.1. The highest BCUT2D eigenvalue weighted by Gasteiger charge is 2.30. The maximum Gasteiger partial charge on any atom is 0.343 e. The molecular weight excluding hydrogens is 356 g/mol. The number of benzene rings is 2. The molecule has 28 heavy (non-hydrogen) atoms. The van der Waals surface area contributed by atoms with Crippen LogP contribution in [0.15, 0.2) is 58.7 Å². The lowest BCUT2D eigenvalue weighted by atomic mass is 10.0. The number of furan rings is 1. The van der Waals surface area contributed by atoms with E-state index in [1.54, 1.807) is 43.3 Å². The van der Waals surface area contributed by atoms with Crippen LogP contribution in [-0.2, 0) is 0 Å². The van der Waals surface area contributed by atoms with Crippen LogP contribution >= 0.6 is 0 Å². The molecule has 0 saturated carbocycles. The summed E-state index contributed by atoms with van der Waals surface area (Å²) in [7, 11) is 0. The summed E-state index contributed by atoms with van der Waals surface area (Å²) in [5, 5.41) is 0. The first-order valence-electron chi connectivity index (χ1n) is 8.85. The molecule has 1 aliphatic rings. The van der Waals surface area contributed by atoms with E-state index >= 15 is 0 Å². The third-order valence-electron chi connectivity index (χ3n) is 4.48. The van der Waals surface area contributed by atoms with Crippen LogP contribution in [0, 0.1) is 20.8 Å². The van der Waals surface area contributed by atoms with Crippen molar-refractivity contribution in [1.82, 2.24) is 0 Å². The number of ketones is 1. The molecule has 5 nitrogen and oxygen atoms in total. The molecule has 0 bridgehead atoms. The molecule has 0 unspecified atom stereocenters. The maximum absolute atomic E-state index is 12.7. The van der Waals surface area contributed by atoms with E-state index in [-0.39, 0.29) is 11.5 Å². The van der Waals surface area contributed by atoms with Gasteiger partial charge < -0.3 is 13.9 Å². The minimum absolute atomic E-state index is 0.175. The van der Waals surface area contributed by atoms with Crippen LogP contribution in [0.2, 0.25) is 0 Å². The fourth-order valence-electron chi connectivity index (χ4n) is 3.05. The zero-order valence-corrected chi connectivity index (χ0v) is 15.7. The molecule has 5 heteroatoms. The summed E-state index contributed by atoms with van der Waals surface area (Å²) >= 11 is 0. The summed E-state index contributed by atoms with van der Waals surface area (Å²) in [4.78, 5) is 25.0. The number of Topliss-reactive ketones (excluding diaryl/α,β-unsaturated/α-hetero) is 1. The number of rotatable bonds is 3. The van der Waals surface area contributed by atoms with Crippen molar-refractivity contribution in [3.05, 3.63) is 88.1 Å². The quantitative estimate of drug-likeness (QED) is 0.365. The molecule has 4 rings (SSSR count). The molecule has 2 heterocycles. The van der Waals surface area contributed by atoms with Gasteiger partial charge in [-0.1, -0.05) is 17.7 Å². The summed E-state index contributed by atoms with van der Waals surface area (Å²) in [5.41, 5.74) is 2.65. The second kappa shape index (κ2) is 6.85. The Hall–Kier alpha value is -3.60. The van der Waals surface area contributed by atoms with Gasteiger partial charge in [-0.3, -0.25) is 4.79 Å². The van der Waals surface area contributed by atoms with Crippen molar-refractivity contribution in [2.45, 2.75) is 20.8 Å². The van der Waals surface area contributed by atoms with Crippen molar-refractivity contribution >= 4 is 17.8 Å². The molecule has 1 aromatic heterocycles. The van der Waals surface area contributed by atoms with Gasteiger partial charge in [0.2, 0.25) is 5.78 Å². The Labute approximate surface area is 162 Å². The Kier molecular flexibility index (Phi) is 4.35. The van der Waals surface area contributed by atoms with E-state index in [4.69, 9.17) is 13.9 Å². The molecule has 0 aliphatic carbocycles. The molecular formula is C23H18O5. The molecule has 0 atom stereocenters. The number of carbonyl (C=O) groups excluding carboxylic acids is 2. The van der Waals surface area contributed by atoms with E-state index in [9.17, 15) is 9.59 Å². The first-order valence-corrected chi connectivity index (χ1v) is 8.85. The second-order valence-corrected chi connectivity index (χ2v) is 6.76. The highest BCUT2D eigenvalue weighted by Crippen LogP contribution is 2.37. The lowest BCUT2D eigenvalue weighted by Gasteiger charge is -2.08. The molecule has 0 saturated heterocycles. The Bertz CT molecular complexity index is 1120. The predicted octanol–water partition coefficient (Wildman–Crippen LogP) is 5.04. The van der Waals surface area contributed by atoms with E-state index in [0.29, 0.717) is 33.9 Å². The van der Waals surface area contributed by atoms with Crippen LogP contribution < -0.4 is 9.47 Å². The molecule has 0 radical (unpaired) electrons. The van der Waals surface area contributed by atoms with Crippen molar-refractivity contribution in [3.8, 4) is 11.5 Å². The van der Waals surface area contributed by atoms with Gasteiger partial charge in [-0.15, -0.1) is 0 Å². The number of allylic oxidation sites excluding steroid dienone is 1. The predicted molar refractivity (Wildman–Crippen MR) is 104 cm³/mol. The molecule has 0 amide bonds. The van der Waals surface area contributed by atoms with Crippen LogP contribution in [0.5, 0.6) is 11.5 Å². The monoisotopic (exact) mass is 374 g/mol. The summed E-state index contributed by atoms with van der Waals surface area (Å²) in [6, 6.07) is 13.9. The smallest absolute Gasteiger partial charge is 0.343 e. The van der Waals surface area contributed by atoms with E-state index < -0.39 is 5.97 Å². The fourth-order valence-corrected chi connectivity index (χ4v) is 3.05. The van der Waals surface area contributed by atoms with Crippen LogP contribution in [0.25, 0.3) is 6.08 Å². The minimum atomic E-state index is -0.467. The maximum atomic E-state index is 12.7. The van der Waals surface area contributed by atoms with Gasteiger partial charge in [-0.25, -0.2) is 4.79 Å². The Morgan fingerprint density at radius 3 is 2.43 bits per heavy atom. The van der Waals surface area contributed by atoms with Gasteiger partial charge in [0.25, 0.3) is 0 Å². The van der Waals surface area contributed by atoms with Gasteiger partial charge in [-0.05, 0) is 56.7 Å². The molecule has 3 aromatic rings. The highest BCUT2D eigenvalue weighted by atomic mass is 16.5. The van der Waals surface area contributed by atoms with Crippen LogP contribution in [0.3, 0.4) is 0 Å². The minimum Gasteiger partial charge on any atom is -0.462 e. The van der Waals surface area contributed by atoms with Crippen molar-refractivity contribution < 1.29 is 23.5 Å². The van der Waals surface area contributed by atoms with Gasteiger partial charge in [-0.2, -0.15) is 0 Å². The molecule has 0 fully saturated rings. The largest absolute Gasteiger partial charge is 0.462 e. The molecule has 0 spiro atoms. The van der Waals surface area contributed by atoms with Crippen molar-refractivity contribution in [2.24, 2.45) is 0 Å². The van der Waals surface area contributed by atoms with Crippen molar-refractivity contribution in [1.29, 1.82) is 0 Å². The van der Waals surface area contributed by atoms with Crippen LogP contribution in [0.1, 0.15) is 43.4 Å². The Morgan fingerprint density at radius 2 is 1.75 bits per heavy atom. The average molecular weight is 374 g/mol. The number of fused-ring (bicyclic) bond motifs is 1. The molecule has 2 aromatic carbocycles. The number of hydrogen-bond donors (Lipinski definition) is 0. The second-order valence-electron chi connectivity index (χ2n) is 6.76. The van der Waals surface area contributed by atoms with Crippen LogP contribution in [-0.4, -0.2) is 11.8 Å². The van der Waals surface area contributed by atoms with E-state index in [1.807, 2.05) is 32.0 Å². The molecule has 1 aliphatic heterocycles. The zero-order chi connectivity index (χ0) is 19.8. The first kappa shape index (κ1) is 17.8. The molecule has 0 N–H and O–H groups in total. The van der Waals surface area contributed by atoms with Gasteiger partial charge >= 0.3 is 5.97 Å². The number of aryl methyl sites for hydroxylation is 3. The summed E-state index contributed by atoms with van der Waals surface area (Å²) in [6.07, 6.45) is 1.56. The lowest BCUT2D eigenvalue weighted by molar-refractivity contribution is 0.0734. The van der Waals surface area contributed by atoms with Crippen molar-refractivity contribution in [3.63, 3.8) is 0 Å². The first-order chi connectivity index (χ1) is 13.4. The van der Waals surface area contributed by atoms with Gasteiger partial charge in [0, 0.05) is 12.1 Å². The van der Waals surface area contributed by atoms with Gasteiger partial charge in [0.05, 0.1) is 11.1 Å². The number of ether oxygens (including phenoxy) is 2. The van der Waals surface area contributed by atoms with Crippen LogP contribution in [0.4, 0.5) is 0 Å². The van der Waals surface area contributed by atoms with Gasteiger partial charge in [0.1, 0.15) is 23.0 Å². The third-order valence-corrected chi connectivity index (χ3v) is 4.48. The lowest BCUT2D eigenvalue weighted by Crippen LogP contribution is -2.08.